The van der Waals surface area contributed by atoms with Crippen LogP contribution in [0.5, 0.6) is 0 Å². The fraction of sp³-hybridized carbons (Fsp3) is 0.667. The molecule has 0 aliphatic rings. The van der Waals surface area contributed by atoms with Crippen LogP contribution in [0.25, 0.3) is 0 Å². The van der Waals surface area contributed by atoms with Crippen LogP contribution in [0.15, 0.2) is 0 Å². The van der Waals surface area contributed by atoms with Gasteiger partial charge in [0, 0.05) is 6.92 Å². The molecule has 0 aromatic carbocycles. The van der Waals surface area contributed by atoms with Crippen molar-refractivity contribution in [2.24, 2.45) is 5.92 Å². The van der Waals surface area contributed by atoms with Gasteiger partial charge in [0.05, 0.1) is 5.92 Å². The van der Waals surface area contributed by atoms with Gasteiger partial charge in [-0.2, -0.15) is 0 Å². The number of carboxylic acid groups (broad SMARTS) is 2. The summed E-state index contributed by atoms with van der Waals surface area (Å²) in [5, 5.41) is 15.4. The fourth-order valence-corrected chi connectivity index (χ4v) is 0. The molecule has 0 spiro atoms. The van der Waals surface area contributed by atoms with Crippen LogP contribution in [0.2, 0.25) is 0 Å². The predicted molar refractivity (Wildman–Crippen MR) is 42.9 cm³/mol. The summed E-state index contributed by atoms with van der Waals surface area (Å²) in [6, 6.07) is 0. The van der Waals surface area contributed by atoms with E-state index in [1.807, 2.05) is 0 Å². The van der Waals surface area contributed by atoms with E-state index in [2.05, 4.69) is 0 Å². The summed E-state index contributed by atoms with van der Waals surface area (Å²) in [6.45, 7) is 4.37. The third kappa shape index (κ3) is 40.4. The number of carboxylic acids is 2. The van der Waals surface area contributed by atoms with E-state index in [1.54, 1.807) is 13.8 Å². The maximum atomic E-state index is 9.70. The zero-order valence-electron chi connectivity index (χ0n) is 6.29. The van der Waals surface area contributed by atoms with E-state index in [0.717, 1.165) is 6.92 Å². The van der Waals surface area contributed by atoms with Crippen molar-refractivity contribution >= 4 is 41.5 Å². The van der Waals surface area contributed by atoms with Gasteiger partial charge in [0.2, 0.25) is 0 Å². The average Bonchev–Trinajstić information content (AvgIpc) is 1.63. The molecule has 0 rings (SSSR count). The molecule has 11 heavy (non-hydrogen) atoms. The summed E-state index contributed by atoms with van der Waals surface area (Å²) in [5.41, 5.74) is 0. The molecule has 0 unspecified atom stereocenters. The van der Waals surface area contributed by atoms with E-state index in [1.165, 1.54) is 0 Å². The number of rotatable bonds is 1. The molecule has 62 valence electrons. The van der Waals surface area contributed by atoms with Crippen LogP contribution in [-0.2, 0) is 9.59 Å². The third-order valence-electron chi connectivity index (χ3n) is 0.494. The van der Waals surface area contributed by atoms with Crippen LogP contribution >= 0.6 is 0 Å². The molecule has 0 saturated heterocycles. The van der Waals surface area contributed by atoms with Crippen molar-refractivity contribution in [2.75, 3.05) is 0 Å². The zero-order chi connectivity index (χ0) is 8.73. The Hall–Kier alpha value is -0.0600. The topological polar surface area (TPSA) is 74.6 Å². The normalized spacial score (nSPS) is 7.27. The monoisotopic (exact) mass is 172 g/mol. The molecule has 0 saturated carbocycles. The number of hydrogen-bond donors (Lipinski definition) is 2. The van der Waals surface area contributed by atoms with E-state index in [-0.39, 0.29) is 35.5 Å². The van der Waals surface area contributed by atoms with Crippen molar-refractivity contribution in [1.29, 1.82) is 0 Å². The average molecular weight is 172 g/mol. The second-order valence-corrected chi connectivity index (χ2v) is 2.01. The Bertz CT molecular complexity index is 118. The van der Waals surface area contributed by atoms with Gasteiger partial charge in [0.25, 0.3) is 5.97 Å². The van der Waals surface area contributed by atoms with Gasteiger partial charge in [-0.05, 0) is 0 Å². The van der Waals surface area contributed by atoms with E-state index in [4.69, 9.17) is 15.0 Å². The summed E-state index contributed by atoms with van der Waals surface area (Å²) in [5.74, 6) is -1.81. The van der Waals surface area contributed by atoms with Crippen molar-refractivity contribution in [3.8, 4) is 0 Å². The molecule has 2 N–H and O–H groups in total. The molecule has 0 aromatic heterocycles. The summed E-state index contributed by atoms with van der Waals surface area (Å²) < 4.78 is 0. The van der Waals surface area contributed by atoms with Gasteiger partial charge in [-0.15, -0.1) is 0 Å². The third-order valence-corrected chi connectivity index (χ3v) is 0.494. The zero-order valence-corrected chi connectivity index (χ0v) is 6.29. The van der Waals surface area contributed by atoms with Gasteiger partial charge in [0.15, 0.2) is 0 Å². The van der Waals surface area contributed by atoms with E-state index >= 15 is 0 Å². The van der Waals surface area contributed by atoms with Gasteiger partial charge >= 0.3 is 35.5 Å². The summed E-state index contributed by atoms with van der Waals surface area (Å²) in [6.07, 6.45) is 0. The summed E-state index contributed by atoms with van der Waals surface area (Å²) >= 11 is 0. The first kappa shape index (κ1) is 17.1. The van der Waals surface area contributed by atoms with Gasteiger partial charge in [0.1, 0.15) is 0 Å². The van der Waals surface area contributed by atoms with Gasteiger partial charge in [-0.1, -0.05) is 13.8 Å². The first-order valence-electron chi connectivity index (χ1n) is 2.80. The van der Waals surface area contributed by atoms with Crippen molar-refractivity contribution in [3.63, 3.8) is 0 Å². The Kier molecular flexibility index (Phi) is 15.5. The quantitative estimate of drug-likeness (QED) is 0.553. The molecule has 0 amide bonds. The molecule has 0 bridgehead atoms. The van der Waals surface area contributed by atoms with Gasteiger partial charge in [-0.3, -0.25) is 9.59 Å². The molecule has 0 fully saturated rings. The molecule has 4 nitrogen and oxygen atoms in total. The van der Waals surface area contributed by atoms with E-state index in [0.29, 0.717) is 0 Å². The van der Waals surface area contributed by atoms with Crippen LogP contribution in [0.1, 0.15) is 20.8 Å². The maximum absolute atomic E-state index is 9.70. The minimum absolute atomic E-state index is 0. The first-order chi connectivity index (χ1) is 4.37. The first-order valence-corrected chi connectivity index (χ1v) is 2.80. The van der Waals surface area contributed by atoms with Crippen molar-refractivity contribution in [1.82, 2.24) is 0 Å². The molecule has 0 atom stereocenters. The van der Waals surface area contributed by atoms with Crippen molar-refractivity contribution in [2.45, 2.75) is 20.8 Å². The Morgan fingerprint density at radius 2 is 1.27 bits per heavy atom. The van der Waals surface area contributed by atoms with Crippen LogP contribution in [0, 0.1) is 5.92 Å². The SMILES string of the molecule is CC(=O)O.CC(C)C(=O)O.[NaH]. The van der Waals surface area contributed by atoms with Crippen LogP contribution in [0.4, 0.5) is 0 Å². The number of hydrogen-bond acceptors (Lipinski definition) is 2. The second-order valence-electron chi connectivity index (χ2n) is 2.01. The molecule has 0 heterocycles. The number of carbonyl (C=O) groups is 2. The van der Waals surface area contributed by atoms with Crippen molar-refractivity contribution in [3.05, 3.63) is 0 Å². The molecular formula is C6H13NaO4. The minimum atomic E-state index is -0.833. The van der Waals surface area contributed by atoms with Gasteiger partial charge in [-0.25, -0.2) is 0 Å². The van der Waals surface area contributed by atoms with Crippen LogP contribution in [-0.4, -0.2) is 51.7 Å². The second kappa shape index (κ2) is 9.94. The Morgan fingerprint density at radius 3 is 1.27 bits per heavy atom. The van der Waals surface area contributed by atoms with E-state index < -0.39 is 11.9 Å². The number of aliphatic carboxylic acids is 2. The molecule has 5 heteroatoms. The standard InChI is InChI=1S/C4H8O2.C2H4O2.Na.H/c1-3(2)4(5)6;1-2(3)4;;/h3H,1-2H3,(H,5,6);1H3,(H,3,4);;. The molecule has 0 aliphatic heterocycles. The summed E-state index contributed by atoms with van der Waals surface area (Å²) in [4.78, 5) is 18.7. The molecular weight excluding hydrogens is 159 g/mol. The van der Waals surface area contributed by atoms with Crippen LogP contribution < -0.4 is 0 Å². The van der Waals surface area contributed by atoms with Crippen LogP contribution in [0.3, 0.4) is 0 Å². The van der Waals surface area contributed by atoms with Crippen molar-refractivity contribution < 1.29 is 19.8 Å². The molecule has 0 aliphatic carbocycles. The summed E-state index contributed by atoms with van der Waals surface area (Å²) in [7, 11) is 0. The molecule has 0 radical (unpaired) electrons. The molecule has 0 aromatic rings. The van der Waals surface area contributed by atoms with Gasteiger partial charge < -0.3 is 10.2 Å². The van der Waals surface area contributed by atoms with E-state index in [9.17, 15) is 4.79 Å². The Morgan fingerprint density at radius 1 is 1.18 bits per heavy atom. The fourth-order valence-electron chi connectivity index (χ4n) is 0. The Balaban J connectivity index is -0.000000114. The Labute approximate surface area is 87.9 Å². The predicted octanol–water partition coefficient (Wildman–Crippen LogP) is 0.169.